The van der Waals surface area contributed by atoms with Crippen LogP contribution in [0.4, 0.5) is 8.78 Å². The molecule has 5 heteroatoms. The minimum atomic E-state index is -0.471. The Morgan fingerprint density at radius 2 is 2.00 bits per heavy atom. The average Bonchev–Trinajstić information content (AvgIpc) is 2.40. The van der Waals surface area contributed by atoms with Crippen molar-refractivity contribution in [1.82, 2.24) is 10.2 Å². The van der Waals surface area contributed by atoms with E-state index >= 15 is 0 Å². The van der Waals surface area contributed by atoms with E-state index < -0.39 is 11.6 Å². The summed E-state index contributed by atoms with van der Waals surface area (Å²) in [6, 6.07) is 3.33. The maximum Gasteiger partial charge on any atom is 0.222 e. The van der Waals surface area contributed by atoms with Gasteiger partial charge in [-0.1, -0.05) is 0 Å². The van der Waals surface area contributed by atoms with Crippen molar-refractivity contribution in [2.45, 2.75) is 12.8 Å². The molecule has 0 unspecified atom stereocenters. The number of nitrogens with one attached hydrogen (secondary N) is 1. The molecule has 2 rings (SSSR count). The summed E-state index contributed by atoms with van der Waals surface area (Å²) in [5.74, 6) is -0.925. The fourth-order valence-corrected chi connectivity index (χ4v) is 2.05. The molecule has 0 radical (unpaired) electrons. The molecule has 0 bridgehead atoms. The number of hydrogen-bond donors (Lipinski definition) is 1. The van der Waals surface area contributed by atoms with Gasteiger partial charge in [0.05, 0.1) is 0 Å². The van der Waals surface area contributed by atoms with E-state index in [1.165, 1.54) is 0 Å². The van der Waals surface area contributed by atoms with E-state index in [0.29, 0.717) is 13.1 Å². The topological polar surface area (TPSA) is 32.3 Å². The van der Waals surface area contributed by atoms with Crippen molar-refractivity contribution in [3.63, 3.8) is 0 Å². The summed E-state index contributed by atoms with van der Waals surface area (Å²) >= 11 is 0. The number of piperazine rings is 1. The zero-order valence-electron chi connectivity index (χ0n) is 10.1. The number of nitrogens with zero attached hydrogens (tertiary/aromatic N) is 1. The Morgan fingerprint density at radius 3 is 2.72 bits per heavy atom. The molecule has 1 aromatic rings. The van der Waals surface area contributed by atoms with E-state index in [1.807, 2.05) is 0 Å². The van der Waals surface area contributed by atoms with Gasteiger partial charge < -0.3 is 10.2 Å². The fourth-order valence-electron chi connectivity index (χ4n) is 2.05. The predicted octanol–water partition coefficient (Wildman–Crippen LogP) is 1.33. The monoisotopic (exact) mass is 254 g/mol. The molecule has 1 amide bonds. The Morgan fingerprint density at radius 1 is 1.28 bits per heavy atom. The Kier molecular flexibility index (Phi) is 4.25. The van der Waals surface area contributed by atoms with Gasteiger partial charge in [-0.25, -0.2) is 8.78 Å². The molecule has 0 atom stereocenters. The second-order valence-electron chi connectivity index (χ2n) is 4.37. The first-order valence-corrected chi connectivity index (χ1v) is 6.09. The van der Waals surface area contributed by atoms with Crippen molar-refractivity contribution in [1.29, 1.82) is 0 Å². The minimum Gasteiger partial charge on any atom is -0.340 e. The smallest absolute Gasteiger partial charge is 0.222 e. The summed E-state index contributed by atoms with van der Waals surface area (Å²) in [6.45, 7) is 2.95. The summed E-state index contributed by atoms with van der Waals surface area (Å²) in [6.07, 6.45) is 0.465. The Bertz CT molecular complexity index is 431. The SMILES string of the molecule is O=C(CCc1cc(F)ccc1F)N1CCNCC1. The van der Waals surface area contributed by atoms with Gasteiger partial charge in [-0.2, -0.15) is 0 Å². The van der Waals surface area contributed by atoms with E-state index in [2.05, 4.69) is 5.32 Å². The molecule has 18 heavy (non-hydrogen) atoms. The molecular weight excluding hydrogens is 238 g/mol. The van der Waals surface area contributed by atoms with Gasteiger partial charge in [0.25, 0.3) is 0 Å². The summed E-state index contributed by atoms with van der Waals surface area (Å²) in [5.41, 5.74) is 0.262. The third-order valence-corrected chi connectivity index (χ3v) is 3.09. The van der Waals surface area contributed by atoms with Crippen LogP contribution in [0.5, 0.6) is 0 Å². The second-order valence-corrected chi connectivity index (χ2v) is 4.37. The number of rotatable bonds is 3. The maximum absolute atomic E-state index is 13.4. The molecule has 1 aliphatic rings. The van der Waals surface area contributed by atoms with E-state index in [9.17, 15) is 13.6 Å². The number of carbonyl (C=O) groups excluding carboxylic acids is 1. The minimum absolute atomic E-state index is 0.000149. The molecule has 0 saturated carbocycles. The lowest BCUT2D eigenvalue weighted by Crippen LogP contribution is -2.46. The van der Waals surface area contributed by atoms with Crippen LogP contribution >= 0.6 is 0 Å². The number of hydrogen-bond acceptors (Lipinski definition) is 2. The quantitative estimate of drug-likeness (QED) is 0.882. The van der Waals surface area contributed by atoms with E-state index in [1.54, 1.807) is 4.90 Å². The zero-order chi connectivity index (χ0) is 13.0. The summed E-state index contributed by atoms with van der Waals surface area (Å²) < 4.78 is 26.3. The van der Waals surface area contributed by atoms with Crippen molar-refractivity contribution < 1.29 is 13.6 Å². The lowest BCUT2D eigenvalue weighted by Gasteiger charge is -2.27. The van der Waals surface area contributed by atoms with Gasteiger partial charge >= 0.3 is 0 Å². The van der Waals surface area contributed by atoms with Crippen LogP contribution in [0.1, 0.15) is 12.0 Å². The van der Waals surface area contributed by atoms with Crippen LogP contribution in [0.2, 0.25) is 0 Å². The number of carbonyl (C=O) groups is 1. The Labute approximate surface area is 105 Å². The van der Waals surface area contributed by atoms with Crippen LogP contribution in [0.3, 0.4) is 0 Å². The zero-order valence-corrected chi connectivity index (χ0v) is 10.1. The van der Waals surface area contributed by atoms with Gasteiger partial charge in [0.15, 0.2) is 0 Å². The molecular formula is C13H16F2N2O. The van der Waals surface area contributed by atoms with Gasteiger partial charge in [0.1, 0.15) is 11.6 Å². The highest BCUT2D eigenvalue weighted by Gasteiger charge is 2.16. The number of aryl methyl sites for hydroxylation is 1. The lowest BCUT2D eigenvalue weighted by atomic mass is 10.1. The van der Waals surface area contributed by atoms with E-state index in [-0.39, 0.29) is 24.3 Å². The third kappa shape index (κ3) is 3.26. The van der Waals surface area contributed by atoms with Crippen molar-refractivity contribution >= 4 is 5.91 Å². The van der Waals surface area contributed by atoms with Crippen LogP contribution in [0, 0.1) is 11.6 Å². The molecule has 1 aliphatic heterocycles. The van der Waals surface area contributed by atoms with Gasteiger partial charge in [0, 0.05) is 32.6 Å². The standard InChI is InChI=1S/C13H16F2N2O/c14-11-2-3-12(15)10(9-11)1-4-13(18)17-7-5-16-6-8-17/h2-3,9,16H,1,4-8H2. The normalized spacial score (nSPS) is 15.8. The Balaban J connectivity index is 1.90. The van der Waals surface area contributed by atoms with Crippen LogP contribution in [-0.2, 0) is 11.2 Å². The molecule has 0 spiro atoms. The van der Waals surface area contributed by atoms with Gasteiger partial charge in [-0.3, -0.25) is 4.79 Å². The third-order valence-electron chi connectivity index (χ3n) is 3.09. The van der Waals surface area contributed by atoms with Crippen molar-refractivity contribution in [2.75, 3.05) is 26.2 Å². The molecule has 3 nitrogen and oxygen atoms in total. The highest BCUT2D eigenvalue weighted by atomic mass is 19.1. The van der Waals surface area contributed by atoms with Crippen molar-refractivity contribution in [3.05, 3.63) is 35.4 Å². The first-order chi connectivity index (χ1) is 8.66. The predicted molar refractivity (Wildman–Crippen MR) is 64.1 cm³/mol. The molecule has 98 valence electrons. The van der Waals surface area contributed by atoms with Crippen LogP contribution in [-0.4, -0.2) is 37.0 Å². The number of amides is 1. The average molecular weight is 254 g/mol. The van der Waals surface area contributed by atoms with Crippen molar-refractivity contribution in [2.24, 2.45) is 0 Å². The lowest BCUT2D eigenvalue weighted by molar-refractivity contribution is -0.131. The molecule has 1 saturated heterocycles. The first kappa shape index (κ1) is 13.0. The van der Waals surface area contributed by atoms with Gasteiger partial charge in [-0.15, -0.1) is 0 Å². The summed E-state index contributed by atoms with van der Waals surface area (Å²) in [7, 11) is 0. The van der Waals surface area contributed by atoms with E-state index in [4.69, 9.17) is 0 Å². The first-order valence-electron chi connectivity index (χ1n) is 6.09. The summed E-state index contributed by atoms with van der Waals surface area (Å²) in [5, 5.41) is 3.16. The fraction of sp³-hybridized carbons (Fsp3) is 0.462. The molecule has 1 N–H and O–H groups in total. The molecule has 1 fully saturated rings. The Hall–Kier alpha value is -1.49. The molecule has 0 aromatic heterocycles. The van der Waals surface area contributed by atoms with Crippen molar-refractivity contribution in [3.8, 4) is 0 Å². The molecule has 1 aromatic carbocycles. The van der Waals surface area contributed by atoms with Gasteiger partial charge in [-0.05, 0) is 30.2 Å². The highest BCUT2D eigenvalue weighted by molar-refractivity contribution is 5.76. The number of benzene rings is 1. The highest BCUT2D eigenvalue weighted by Crippen LogP contribution is 2.12. The molecule has 1 heterocycles. The van der Waals surface area contributed by atoms with E-state index in [0.717, 1.165) is 31.3 Å². The summed E-state index contributed by atoms with van der Waals surface area (Å²) in [4.78, 5) is 13.6. The molecule has 0 aliphatic carbocycles. The van der Waals surface area contributed by atoms with Crippen LogP contribution < -0.4 is 5.32 Å². The maximum atomic E-state index is 13.4. The number of halogens is 2. The largest absolute Gasteiger partial charge is 0.340 e. The van der Waals surface area contributed by atoms with Crippen LogP contribution in [0.15, 0.2) is 18.2 Å². The second kappa shape index (κ2) is 5.91. The van der Waals surface area contributed by atoms with Gasteiger partial charge in [0.2, 0.25) is 5.91 Å². The van der Waals surface area contributed by atoms with Crippen LogP contribution in [0.25, 0.3) is 0 Å².